The molecule has 0 spiro atoms. The van der Waals surface area contributed by atoms with Crippen LogP contribution < -0.4 is 14.2 Å². The van der Waals surface area contributed by atoms with Gasteiger partial charge < -0.3 is 19.4 Å². The number of carbonyl (C=O) groups excluding carboxylic acids is 1. The number of amides is 1. The number of hydrogen-bond donors (Lipinski definition) is 2. The van der Waals surface area contributed by atoms with Gasteiger partial charge >= 0.3 is 0 Å². The third-order valence-electron chi connectivity index (χ3n) is 6.80. The first kappa shape index (κ1) is 23.7. The Kier molecular flexibility index (Phi) is 6.97. The van der Waals surface area contributed by atoms with E-state index >= 15 is 0 Å². The van der Waals surface area contributed by atoms with E-state index in [0.29, 0.717) is 43.5 Å². The maximum atomic E-state index is 12.7. The molecule has 1 saturated heterocycles. The van der Waals surface area contributed by atoms with E-state index in [9.17, 15) is 13.2 Å². The number of nitrogens with zero attached hydrogens (tertiary/aromatic N) is 1. The maximum Gasteiger partial charge on any atom is 0.240 e. The van der Waals surface area contributed by atoms with E-state index in [-0.39, 0.29) is 17.3 Å². The summed E-state index contributed by atoms with van der Waals surface area (Å²) in [5.74, 6) is 1.52. The summed E-state index contributed by atoms with van der Waals surface area (Å²) in [5, 5.41) is 1.26. The lowest BCUT2D eigenvalue weighted by atomic mass is 9.89. The molecule has 2 aromatic carbocycles. The molecule has 9 heteroatoms. The molecular weight excluding hydrogens is 466 g/mol. The minimum atomic E-state index is -3.69. The second-order valence-electron chi connectivity index (χ2n) is 9.11. The zero-order chi connectivity index (χ0) is 24.3. The van der Waals surface area contributed by atoms with Crippen molar-refractivity contribution >= 4 is 26.8 Å². The minimum Gasteiger partial charge on any atom is -0.490 e. The molecule has 1 aromatic heterocycles. The Morgan fingerprint density at radius 2 is 1.83 bits per heavy atom. The monoisotopic (exact) mass is 497 g/mol. The average Bonchev–Trinajstić information content (AvgIpc) is 3.16. The number of rotatable bonds is 7. The Labute approximate surface area is 205 Å². The number of carbonyl (C=O) groups is 1. The molecule has 0 unspecified atom stereocenters. The molecule has 2 aliphatic heterocycles. The van der Waals surface area contributed by atoms with Crippen molar-refractivity contribution in [3.05, 3.63) is 54.2 Å². The van der Waals surface area contributed by atoms with Crippen molar-refractivity contribution in [1.29, 1.82) is 0 Å². The van der Waals surface area contributed by atoms with E-state index in [0.717, 1.165) is 37.9 Å². The summed E-state index contributed by atoms with van der Waals surface area (Å²) in [6.07, 6.45) is 5.49. The first-order valence-corrected chi connectivity index (χ1v) is 13.7. The molecule has 3 heterocycles. The molecule has 186 valence electrons. The molecule has 2 aliphatic rings. The van der Waals surface area contributed by atoms with Crippen molar-refractivity contribution in [3.63, 3.8) is 0 Å². The first-order valence-electron chi connectivity index (χ1n) is 12.2. The van der Waals surface area contributed by atoms with Crippen LogP contribution in [0.1, 0.15) is 43.6 Å². The number of benzene rings is 2. The van der Waals surface area contributed by atoms with E-state index in [1.54, 1.807) is 6.07 Å². The summed E-state index contributed by atoms with van der Waals surface area (Å²) < 4.78 is 39.1. The number of aromatic nitrogens is 1. The number of hydrogen-bond acceptors (Lipinski definition) is 5. The van der Waals surface area contributed by atoms with Crippen LogP contribution in [0.5, 0.6) is 11.5 Å². The van der Waals surface area contributed by atoms with E-state index in [1.165, 1.54) is 23.1 Å². The largest absolute Gasteiger partial charge is 0.490 e. The number of aromatic amines is 1. The number of ether oxygens (including phenoxy) is 2. The van der Waals surface area contributed by atoms with Crippen LogP contribution in [0, 0.1) is 0 Å². The molecule has 0 bridgehead atoms. The maximum absolute atomic E-state index is 12.7. The molecule has 35 heavy (non-hydrogen) atoms. The van der Waals surface area contributed by atoms with Crippen molar-refractivity contribution in [1.82, 2.24) is 14.6 Å². The van der Waals surface area contributed by atoms with Gasteiger partial charge in [-0.3, -0.25) is 4.79 Å². The van der Waals surface area contributed by atoms with Gasteiger partial charge in [-0.15, -0.1) is 0 Å². The van der Waals surface area contributed by atoms with Gasteiger partial charge in [0.1, 0.15) is 0 Å². The van der Waals surface area contributed by atoms with Gasteiger partial charge in [0.2, 0.25) is 15.9 Å². The predicted octanol–water partition coefficient (Wildman–Crippen LogP) is 3.79. The normalized spacial score (nSPS) is 16.9. The molecule has 0 aliphatic carbocycles. The number of sulfonamides is 1. The SMILES string of the molecule is O=C(CCCNS(=O)(=O)c1ccc2c(c1)OCCCO2)N1CCC(c2c[nH]c3ccccc23)CC1. The van der Waals surface area contributed by atoms with Gasteiger partial charge in [-0.1, -0.05) is 18.2 Å². The molecule has 5 rings (SSSR count). The topological polar surface area (TPSA) is 101 Å². The van der Waals surface area contributed by atoms with Gasteiger partial charge in [0.25, 0.3) is 0 Å². The van der Waals surface area contributed by atoms with Crippen molar-refractivity contribution in [3.8, 4) is 11.5 Å². The molecule has 0 saturated carbocycles. The van der Waals surface area contributed by atoms with Crippen LogP contribution in [-0.2, 0) is 14.8 Å². The van der Waals surface area contributed by atoms with E-state index < -0.39 is 10.0 Å². The highest BCUT2D eigenvalue weighted by atomic mass is 32.2. The third-order valence-corrected chi connectivity index (χ3v) is 8.26. The van der Waals surface area contributed by atoms with Crippen LogP contribution in [0.4, 0.5) is 0 Å². The van der Waals surface area contributed by atoms with E-state index in [1.807, 2.05) is 11.0 Å². The Bertz CT molecular complexity index is 1300. The Morgan fingerprint density at radius 1 is 1.06 bits per heavy atom. The summed E-state index contributed by atoms with van der Waals surface area (Å²) in [5.41, 5.74) is 2.48. The van der Waals surface area contributed by atoms with Gasteiger partial charge in [-0.2, -0.15) is 0 Å². The highest BCUT2D eigenvalue weighted by Crippen LogP contribution is 2.34. The third kappa shape index (κ3) is 5.31. The smallest absolute Gasteiger partial charge is 0.240 e. The molecule has 0 atom stereocenters. The lowest BCUT2D eigenvalue weighted by Crippen LogP contribution is -2.38. The van der Waals surface area contributed by atoms with Crippen molar-refractivity contribution in [2.45, 2.75) is 42.9 Å². The second kappa shape index (κ2) is 10.3. The summed E-state index contributed by atoms with van der Waals surface area (Å²) in [4.78, 5) is 18.1. The van der Waals surface area contributed by atoms with Crippen LogP contribution in [0.25, 0.3) is 10.9 Å². The second-order valence-corrected chi connectivity index (χ2v) is 10.9. The molecule has 0 radical (unpaired) electrons. The molecule has 1 fully saturated rings. The Balaban J connectivity index is 1.08. The minimum absolute atomic E-state index is 0.0807. The standard InChI is InChI=1S/C26H31N3O5S/c30-26(29-13-10-19(11-14-29)22-18-27-23-6-2-1-5-21(22)23)7-3-12-28-35(31,32)20-8-9-24-25(17-20)34-16-4-15-33-24/h1-2,5-6,8-9,17-19,27-28H,3-4,7,10-16H2. The van der Waals surface area contributed by atoms with Crippen LogP contribution in [0.15, 0.2) is 53.6 Å². The number of piperidine rings is 1. The Hall–Kier alpha value is -3.04. The number of fused-ring (bicyclic) bond motifs is 2. The fourth-order valence-electron chi connectivity index (χ4n) is 4.87. The van der Waals surface area contributed by atoms with Crippen molar-refractivity contribution in [2.75, 3.05) is 32.8 Å². The van der Waals surface area contributed by atoms with Crippen LogP contribution in [-0.4, -0.2) is 57.1 Å². The van der Waals surface area contributed by atoms with Crippen molar-refractivity contribution < 1.29 is 22.7 Å². The highest BCUT2D eigenvalue weighted by molar-refractivity contribution is 7.89. The molecular formula is C26H31N3O5S. The number of nitrogens with one attached hydrogen (secondary N) is 2. The van der Waals surface area contributed by atoms with Gasteiger partial charge in [-0.25, -0.2) is 13.1 Å². The van der Waals surface area contributed by atoms with Gasteiger partial charge in [0.15, 0.2) is 11.5 Å². The highest BCUT2D eigenvalue weighted by Gasteiger charge is 2.25. The van der Waals surface area contributed by atoms with Gasteiger partial charge in [0.05, 0.1) is 18.1 Å². The lowest BCUT2D eigenvalue weighted by Gasteiger charge is -2.32. The lowest BCUT2D eigenvalue weighted by molar-refractivity contribution is -0.132. The zero-order valence-electron chi connectivity index (χ0n) is 19.7. The molecule has 1 amide bonds. The molecule has 3 aromatic rings. The summed E-state index contributed by atoms with van der Waals surface area (Å²) in [7, 11) is -3.69. The van der Waals surface area contributed by atoms with Gasteiger partial charge in [0, 0.05) is 55.6 Å². The first-order chi connectivity index (χ1) is 17.0. The van der Waals surface area contributed by atoms with Gasteiger partial charge in [-0.05, 0) is 48.9 Å². The van der Waals surface area contributed by atoms with E-state index in [4.69, 9.17) is 9.47 Å². The fourth-order valence-corrected chi connectivity index (χ4v) is 5.96. The van der Waals surface area contributed by atoms with Crippen LogP contribution in [0.2, 0.25) is 0 Å². The molecule has 8 nitrogen and oxygen atoms in total. The van der Waals surface area contributed by atoms with E-state index in [2.05, 4.69) is 34.1 Å². The summed E-state index contributed by atoms with van der Waals surface area (Å²) >= 11 is 0. The summed E-state index contributed by atoms with van der Waals surface area (Å²) in [6.45, 7) is 2.70. The fraction of sp³-hybridized carbons (Fsp3) is 0.423. The average molecular weight is 498 g/mol. The van der Waals surface area contributed by atoms with Crippen LogP contribution >= 0.6 is 0 Å². The quantitative estimate of drug-likeness (QED) is 0.484. The van der Waals surface area contributed by atoms with Crippen LogP contribution in [0.3, 0.4) is 0 Å². The number of para-hydroxylation sites is 1. The zero-order valence-corrected chi connectivity index (χ0v) is 20.5. The number of H-pyrrole nitrogens is 1. The van der Waals surface area contributed by atoms with Crippen molar-refractivity contribution in [2.24, 2.45) is 0 Å². The molecule has 2 N–H and O–H groups in total. The Morgan fingerprint density at radius 3 is 2.66 bits per heavy atom. The summed E-state index contributed by atoms with van der Waals surface area (Å²) in [6, 6.07) is 12.9. The predicted molar refractivity (Wildman–Crippen MR) is 133 cm³/mol. The number of likely N-dealkylation sites (tertiary alicyclic amines) is 1.